The normalized spacial score (nSPS) is 17.8. The highest BCUT2D eigenvalue weighted by Crippen LogP contribution is 2.30. The second-order valence-corrected chi connectivity index (χ2v) is 5.93. The number of benzene rings is 1. The molecule has 3 nitrogen and oxygen atoms in total. The Kier molecular flexibility index (Phi) is 4.78. The fourth-order valence-corrected chi connectivity index (χ4v) is 2.86. The van der Waals surface area contributed by atoms with E-state index in [0.717, 1.165) is 25.7 Å². The van der Waals surface area contributed by atoms with E-state index in [1.807, 2.05) is 0 Å². The molecule has 0 radical (unpaired) electrons. The molecular formula is C17H22FNO2. The standard InChI is InChI=1S/C17H22FNO2/c1-13(14-7-3-4-8-15(14)18)11-16(20)19(2)12-17(21)9-5-6-10-17/h3-4,7-8,11,21H,5-6,9-10,12H2,1-2H3/b13-11-. The average Bonchev–Trinajstić information content (AvgIpc) is 2.85. The lowest BCUT2D eigenvalue weighted by atomic mass is 10.0. The molecule has 2 rings (SSSR count). The molecule has 1 aliphatic rings. The molecule has 0 bridgehead atoms. The summed E-state index contributed by atoms with van der Waals surface area (Å²) in [7, 11) is 1.67. The summed E-state index contributed by atoms with van der Waals surface area (Å²) in [5.41, 5.74) is 0.256. The Bertz CT molecular complexity index is 547. The number of halogens is 1. The Morgan fingerprint density at radius 1 is 1.38 bits per heavy atom. The second-order valence-electron chi connectivity index (χ2n) is 5.93. The maximum absolute atomic E-state index is 13.7. The van der Waals surface area contributed by atoms with Gasteiger partial charge in [-0.15, -0.1) is 0 Å². The largest absolute Gasteiger partial charge is 0.388 e. The number of allylic oxidation sites excluding steroid dienone is 1. The predicted molar refractivity (Wildman–Crippen MR) is 81.1 cm³/mol. The molecule has 1 N–H and O–H groups in total. The zero-order valence-electron chi connectivity index (χ0n) is 12.6. The van der Waals surface area contributed by atoms with Crippen molar-refractivity contribution < 1.29 is 14.3 Å². The summed E-state index contributed by atoms with van der Waals surface area (Å²) < 4.78 is 13.7. The van der Waals surface area contributed by atoms with Crippen LogP contribution in [0.15, 0.2) is 30.3 Å². The van der Waals surface area contributed by atoms with Gasteiger partial charge in [0.2, 0.25) is 5.91 Å². The van der Waals surface area contributed by atoms with Gasteiger partial charge in [-0.05, 0) is 31.4 Å². The number of hydrogen-bond donors (Lipinski definition) is 1. The Morgan fingerprint density at radius 3 is 2.62 bits per heavy atom. The van der Waals surface area contributed by atoms with E-state index in [-0.39, 0.29) is 11.7 Å². The van der Waals surface area contributed by atoms with Crippen LogP contribution in [0.4, 0.5) is 4.39 Å². The topological polar surface area (TPSA) is 40.5 Å². The van der Waals surface area contributed by atoms with E-state index in [1.54, 1.807) is 32.2 Å². The number of carbonyl (C=O) groups is 1. The second kappa shape index (κ2) is 6.39. The molecule has 1 fully saturated rings. The molecule has 0 unspecified atom stereocenters. The van der Waals surface area contributed by atoms with E-state index in [1.165, 1.54) is 17.0 Å². The van der Waals surface area contributed by atoms with Crippen LogP contribution in [0.25, 0.3) is 5.57 Å². The lowest BCUT2D eigenvalue weighted by Crippen LogP contribution is -2.41. The van der Waals surface area contributed by atoms with E-state index in [2.05, 4.69) is 0 Å². The van der Waals surface area contributed by atoms with Crippen LogP contribution in [0.3, 0.4) is 0 Å². The van der Waals surface area contributed by atoms with Gasteiger partial charge >= 0.3 is 0 Å². The first-order chi connectivity index (χ1) is 9.91. The van der Waals surface area contributed by atoms with Crippen LogP contribution in [0.5, 0.6) is 0 Å². The highest BCUT2D eigenvalue weighted by atomic mass is 19.1. The number of amides is 1. The number of likely N-dealkylation sites (N-methyl/N-ethyl adjacent to an activating group) is 1. The molecule has 21 heavy (non-hydrogen) atoms. The fraction of sp³-hybridized carbons (Fsp3) is 0.471. The van der Waals surface area contributed by atoms with Crippen LogP contribution in [0, 0.1) is 5.82 Å². The Hall–Kier alpha value is -1.68. The first-order valence-corrected chi connectivity index (χ1v) is 7.32. The third-order valence-corrected chi connectivity index (χ3v) is 4.08. The number of hydrogen-bond acceptors (Lipinski definition) is 2. The summed E-state index contributed by atoms with van der Waals surface area (Å²) in [5.74, 6) is -0.549. The van der Waals surface area contributed by atoms with E-state index < -0.39 is 5.60 Å². The van der Waals surface area contributed by atoms with E-state index >= 15 is 0 Å². The highest BCUT2D eigenvalue weighted by molar-refractivity contribution is 5.94. The third-order valence-electron chi connectivity index (χ3n) is 4.08. The monoisotopic (exact) mass is 291 g/mol. The lowest BCUT2D eigenvalue weighted by molar-refractivity contribution is -0.127. The summed E-state index contributed by atoms with van der Waals surface area (Å²) in [6, 6.07) is 6.39. The molecule has 1 aromatic rings. The Morgan fingerprint density at radius 2 is 2.00 bits per heavy atom. The molecule has 1 aromatic carbocycles. The van der Waals surface area contributed by atoms with Gasteiger partial charge < -0.3 is 10.0 Å². The van der Waals surface area contributed by atoms with Crippen molar-refractivity contribution in [3.63, 3.8) is 0 Å². The average molecular weight is 291 g/mol. The van der Waals surface area contributed by atoms with Crippen molar-refractivity contribution in [2.75, 3.05) is 13.6 Å². The molecule has 1 saturated carbocycles. The summed E-state index contributed by atoms with van der Waals surface area (Å²) >= 11 is 0. The first kappa shape index (κ1) is 15.7. The number of nitrogens with zero attached hydrogens (tertiary/aromatic N) is 1. The molecule has 0 saturated heterocycles. The van der Waals surface area contributed by atoms with E-state index in [4.69, 9.17) is 0 Å². The van der Waals surface area contributed by atoms with Gasteiger partial charge in [0, 0.05) is 25.2 Å². The van der Waals surface area contributed by atoms with Crippen LogP contribution >= 0.6 is 0 Å². The van der Waals surface area contributed by atoms with Gasteiger partial charge in [0.25, 0.3) is 0 Å². The summed E-state index contributed by atoms with van der Waals surface area (Å²) in [6.45, 7) is 2.04. The molecule has 0 heterocycles. The Labute approximate surface area is 125 Å². The van der Waals surface area contributed by atoms with Crippen LogP contribution in [-0.2, 0) is 4.79 Å². The van der Waals surface area contributed by atoms with Crippen molar-refractivity contribution in [3.8, 4) is 0 Å². The fourth-order valence-electron chi connectivity index (χ4n) is 2.86. The maximum atomic E-state index is 13.7. The molecular weight excluding hydrogens is 269 g/mol. The first-order valence-electron chi connectivity index (χ1n) is 7.32. The highest BCUT2D eigenvalue weighted by Gasteiger charge is 2.33. The Balaban J connectivity index is 2.06. The van der Waals surface area contributed by atoms with Gasteiger partial charge in [-0.25, -0.2) is 4.39 Å². The van der Waals surface area contributed by atoms with Crippen LogP contribution in [0.2, 0.25) is 0 Å². The maximum Gasteiger partial charge on any atom is 0.246 e. The molecule has 114 valence electrons. The van der Waals surface area contributed by atoms with Gasteiger partial charge in [-0.3, -0.25) is 4.79 Å². The van der Waals surface area contributed by atoms with E-state index in [9.17, 15) is 14.3 Å². The number of aliphatic hydroxyl groups is 1. The minimum absolute atomic E-state index is 0.212. The zero-order chi connectivity index (χ0) is 15.5. The summed E-state index contributed by atoms with van der Waals surface area (Å²) in [4.78, 5) is 13.7. The quantitative estimate of drug-likeness (QED) is 0.866. The summed E-state index contributed by atoms with van der Waals surface area (Å²) in [6.07, 6.45) is 4.91. The smallest absolute Gasteiger partial charge is 0.246 e. The van der Waals surface area contributed by atoms with Gasteiger partial charge in [0.15, 0.2) is 0 Å². The molecule has 0 aliphatic heterocycles. The van der Waals surface area contributed by atoms with Crippen LogP contribution in [0.1, 0.15) is 38.2 Å². The molecule has 1 amide bonds. The van der Waals surface area contributed by atoms with Gasteiger partial charge in [-0.2, -0.15) is 0 Å². The van der Waals surface area contributed by atoms with Gasteiger partial charge in [0.1, 0.15) is 5.82 Å². The van der Waals surface area contributed by atoms with Crippen molar-refractivity contribution in [1.82, 2.24) is 4.90 Å². The van der Waals surface area contributed by atoms with Crippen molar-refractivity contribution in [2.24, 2.45) is 0 Å². The molecule has 0 atom stereocenters. The van der Waals surface area contributed by atoms with Crippen molar-refractivity contribution in [3.05, 3.63) is 41.7 Å². The van der Waals surface area contributed by atoms with Gasteiger partial charge in [-0.1, -0.05) is 31.0 Å². The van der Waals surface area contributed by atoms with E-state index in [0.29, 0.717) is 17.7 Å². The van der Waals surface area contributed by atoms with Crippen molar-refractivity contribution in [2.45, 2.75) is 38.2 Å². The number of carbonyl (C=O) groups excluding carboxylic acids is 1. The molecule has 4 heteroatoms. The van der Waals surface area contributed by atoms with Crippen molar-refractivity contribution in [1.29, 1.82) is 0 Å². The molecule has 1 aliphatic carbocycles. The van der Waals surface area contributed by atoms with Crippen LogP contribution < -0.4 is 0 Å². The minimum Gasteiger partial charge on any atom is -0.388 e. The SMILES string of the molecule is C/C(=C/C(=O)N(C)CC1(O)CCCC1)c1ccccc1F. The molecule has 0 spiro atoms. The predicted octanol–water partition coefficient (Wildman–Crippen LogP) is 2.99. The van der Waals surface area contributed by atoms with Crippen LogP contribution in [-0.4, -0.2) is 35.1 Å². The lowest BCUT2D eigenvalue weighted by Gasteiger charge is -2.28. The third kappa shape index (κ3) is 3.91. The van der Waals surface area contributed by atoms with Crippen molar-refractivity contribution >= 4 is 11.5 Å². The number of rotatable bonds is 4. The molecule has 0 aromatic heterocycles. The van der Waals surface area contributed by atoms with Gasteiger partial charge in [0.05, 0.1) is 5.60 Å². The zero-order valence-corrected chi connectivity index (χ0v) is 12.6. The summed E-state index contributed by atoms with van der Waals surface area (Å²) in [5, 5.41) is 10.3. The minimum atomic E-state index is -0.760.